The first-order chi connectivity index (χ1) is 6.52. The van der Waals surface area contributed by atoms with Crippen molar-refractivity contribution in [3.8, 4) is 0 Å². The number of aryl methyl sites for hydroxylation is 1. The van der Waals surface area contributed by atoms with Crippen molar-refractivity contribution in [2.45, 2.75) is 25.6 Å². The molecular weight excluding hydrogens is 242 g/mol. The van der Waals surface area contributed by atoms with E-state index in [4.69, 9.17) is 0 Å². The zero-order chi connectivity index (χ0) is 10.7. The maximum absolute atomic E-state index is 11.4. The van der Waals surface area contributed by atoms with Crippen LogP contribution in [0.3, 0.4) is 0 Å². The summed E-state index contributed by atoms with van der Waals surface area (Å²) >= 11 is 3.23. The van der Waals surface area contributed by atoms with Gasteiger partial charge in [0.15, 0.2) is 0 Å². The fraction of sp³-hybridized carbons (Fsp3) is 0.364. The minimum atomic E-state index is -0.164. The summed E-state index contributed by atoms with van der Waals surface area (Å²) in [7, 11) is 0. The fourth-order valence-corrected chi connectivity index (χ4v) is 1.23. The first kappa shape index (κ1) is 11.2. The monoisotopic (exact) mass is 255 g/mol. The van der Waals surface area contributed by atoms with Crippen LogP contribution in [0, 0.1) is 13.8 Å². The van der Waals surface area contributed by atoms with Crippen molar-refractivity contribution in [3.63, 3.8) is 0 Å². The second-order valence-electron chi connectivity index (χ2n) is 3.35. The van der Waals surface area contributed by atoms with Crippen molar-refractivity contribution in [2.75, 3.05) is 5.32 Å². The molecule has 0 saturated heterocycles. The summed E-state index contributed by atoms with van der Waals surface area (Å²) < 4.78 is 0. The van der Waals surface area contributed by atoms with Gasteiger partial charge in [-0.15, -0.1) is 0 Å². The number of rotatable bonds is 2. The van der Waals surface area contributed by atoms with E-state index < -0.39 is 0 Å². The molecule has 3 heteroatoms. The molecule has 0 aliphatic heterocycles. The van der Waals surface area contributed by atoms with Crippen LogP contribution in [0.5, 0.6) is 0 Å². The van der Waals surface area contributed by atoms with Gasteiger partial charge < -0.3 is 5.32 Å². The molecule has 0 saturated carbocycles. The number of halogens is 1. The Morgan fingerprint density at radius 2 is 2.07 bits per heavy atom. The van der Waals surface area contributed by atoms with Gasteiger partial charge in [0.05, 0.1) is 4.83 Å². The first-order valence-corrected chi connectivity index (χ1v) is 5.45. The van der Waals surface area contributed by atoms with Crippen LogP contribution in [0.15, 0.2) is 18.2 Å². The van der Waals surface area contributed by atoms with E-state index >= 15 is 0 Å². The van der Waals surface area contributed by atoms with Crippen molar-refractivity contribution in [3.05, 3.63) is 29.3 Å². The average molecular weight is 256 g/mol. The van der Waals surface area contributed by atoms with Gasteiger partial charge in [0, 0.05) is 5.69 Å². The number of hydrogen-bond acceptors (Lipinski definition) is 1. The summed E-state index contributed by atoms with van der Waals surface area (Å²) in [6, 6.07) is 5.88. The lowest BCUT2D eigenvalue weighted by Gasteiger charge is -2.11. The number of nitrogens with one attached hydrogen (secondary N) is 1. The molecule has 0 radical (unpaired) electrons. The summed E-state index contributed by atoms with van der Waals surface area (Å²) in [5.74, 6) is -0.0151. The number of alkyl halides is 1. The van der Waals surface area contributed by atoms with E-state index in [0.29, 0.717) is 0 Å². The Bertz CT molecular complexity index is 347. The molecule has 14 heavy (non-hydrogen) atoms. The standard InChI is InChI=1S/C11H14BrNO/c1-7-5-4-6-10(8(7)2)13-11(14)9(3)12/h4-6,9H,1-3H3,(H,13,14). The highest BCUT2D eigenvalue weighted by Crippen LogP contribution is 2.18. The van der Waals surface area contributed by atoms with E-state index in [-0.39, 0.29) is 10.7 Å². The minimum absolute atomic E-state index is 0.0151. The van der Waals surface area contributed by atoms with Crippen molar-refractivity contribution in [2.24, 2.45) is 0 Å². The third-order valence-corrected chi connectivity index (χ3v) is 2.64. The smallest absolute Gasteiger partial charge is 0.237 e. The lowest BCUT2D eigenvalue weighted by Crippen LogP contribution is -2.20. The van der Waals surface area contributed by atoms with Crippen LogP contribution in [0.25, 0.3) is 0 Å². The number of carbonyl (C=O) groups is 1. The number of anilines is 1. The van der Waals surface area contributed by atoms with Crippen molar-refractivity contribution >= 4 is 27.5 Å². The lowest BCUT2D eigenvalue weighted by atomic mass is 10.1. The number of benzene rings is 1. The van der Waals surface area contributed by atoms with E-state index in [1.54, 1.807) is 6.92 Å². The molecule has 1 unspecified atom stereocenters. The van der Waals surface area contributed by atoms with Gasteiger partial charge in [-0.05, 0) is 38.0 Å². The third-order valence-electron chi connectivity index (χ3n) is 2.22. The zero-order valence-electron chi connectivity index (χ0n) is 8.60. The predicted octanol–water partition coefficient (Wildman–Crippen LogP) is 3.03. The maximum atomic E-state index is 11.4. The van der Waals surface area contributed by atoms with Crippen LogP contribution in [0.1, 0.15) is 18.1 Å². The highest BCUT2D eigenvalue weighted by Gasteiger charge is 2.10. The Morgan fingerprint density at radius 1 is 1.43 bits per heavy atom. The fourth-order valence-electron chi connectivity index (χ4n) is 1.12. The van der Waals surface area contributed by atoms with Gasteiger partial charge in [-0.2, -0.15) is 0 Å². The summed E-state index contributed by atoms with van der Waals surface area (Å²) in [6.07, 6.45) is 0. The molecule has 1 aromatic carbocycles. The Kier molecular flexibility index (Phi) is 3.69. The second kappa shape index (κ2) is 4.60. The Balaban J connectivity index is 2.87. The van der Waals surface area contributed by atoms with Gasteiger partial charge in [-0.25, -0.2) is 0 Å². The van der Waals surface area contributed by atoms with E-state index in [2.05, 4.69) is 21.2 Å². The molecule has 0 aliphatic carbocycles. The molecule has 0 heterocycles. The van der Waals surface area contributed by atoms with Crippen LogP contribution in [0.2, 0.25) is 0 Å². The molecule has 0 aromatic heterocycles. The molecule has 0 aliphatic rings. The van der Waals surface area contributed by atoms with Gasteiger partial charge in [0.25, 0.3) is 0 Å². The first-order valence-electron chi connectivity index (χ1n) is 4.53. The molecular formula is C11H14BrNO. The Morgan fingerprint density at radius 3 is 2.64 bits per heavy atom. The Labute approximate surface area is 92.8 Å². The predicted molar refractivity (Wildman–Crippen MR) is 62.9 cm³/mol. The summed E-state index contributed by atoms with van der Waals surface area (Å²) in [6.45, 7) is 5.84. The SMILES string of the molecule is Cc1cccc(NC(=O)C(C)Br)c1C. The third kappa shape index (κ3) is 2.58. The molecule has 1 N–H and O–H groups in total. The van der Waals surface area contributed by atoms with Crippen LogP contribution in [0.4, 0.5) is 5.69 Å². The normalized spacial score (nSPS) is 12.3. The maximum Gasteiger partial charge on any atom is 0.237 e. The molecule has 1 amide bonds. The summed E-state index contributed by atoms with van der Waals surface area (Å²) in [5.41, 5.74) is 3.19. The van der Waals surface area contributed by atoms with Crippen molar-refractivity contribution < 1.29 is 4.79 Å². The van der Waals surface area contributed by atoms with Gasteiger partial charge >= 0.3 is 0 Å². The highest BCUT2D eigenvalue weighted by atomic mass is 79.9. The quantitative estimate of drug-likeness (QED) is 0.809. The van der Waals surface area contributed by atoms with Gasteiger partial charge in [-0.1, -0.05) is 28.1 Å². The van der Waals surface area contributed by atoms with E-state index in [0.717, 1.165) is 11.3 Å². The topological polar surface area (TPSA) is 29.1 Å². The molecule has 2 nitrogen and oxygen atoms in total. The number of amides is 1. The molecule has 1 atom stereocenters. The van der Waals surface area contributed by atoms with Crippen molar-refractivity contribution in [1.29, 1.82) is 0 Å². The lowest BCUT2D eigenvalue weighted by molar-refractivity contribution is -0.115. The summed E-state index contributed by atoms with van der Waals surface area (Å²) in [4.78, 5) is 11.3. The highest BCUT2D eigenvalue weighted by molar-refractivity contribution is 9.10. The molecule has 76 valence electrons. The minimum Gasteiger partial charge on any atom is -0.325 e. The second-order valence-corrected chi connectivity index (χ2v) is 4.73. The molecule has 0 spiro atoms. The van der Waals surface area contributed by atoms with Crippen LogP contribution < -0.4 is 5.32 Å². The van der Waals surface area contributed by atoms with Crippen LogP contribution in [-0.4, -0.2) is 10.7 Å². The zero-order valence-corrected chi connectivity index (χ0v) is 10.2. The van der Waals surface area contributed by atoms with E-state index in [1.165, 1.54) is 5.56 Å². The average Bonchev–Trinajstić information content (AvgIpc) is 2.12. The van der Waals surface area contributed by atoms with Crippen LogP contribution >= 0.6 is 15.9 Å². The largest absolute Gasteiger partial charge is 0.325 e. The van der Waals surface area contributed by atoms with Crippen LogP contribution in [-0.2, 0) is 4.79 Å². The summed E-state index contributed by atoms with van der Waals surface area (Å²) in [5, 5.41) is 2.86. The van der Waals surface area contributed by atoms with E-state index in [1.807, 2.05) is 32.0 Å². The molecule has 1 rings (SSSR count). The van der Waals surface area contributed by atoms with Gasteiger partial charge in [0.2, 0.25) is 5.91 Å². The molecule has 0 bridgehead atoms. The molecule has 0 fully saturated rings. The van der Waals surface area contributed by atoms with Crippen molar-refractivity contribution in [1.82, 2.24) is 0 Å². The number of hydrogen-bond donors (Lipinski definition) is 1. The van der Waals surface area contributed by atoms with E-state index in [9.17, 15) is 4.79 Å². The van der Waals surface area contributed by atoms with Gasteiger partial charge in [-0.3, -0.25) is 4.79 Å². The number of carbonyl (C=O) groups excluding carboxylic acids is 1. The Hall–Kier alpha value is -0.830. The van der Waals surface area contributed by atoms with Gasteiger partial charge in [0.1, 0.15) is 0 Å². The molecule has 1 aromatic rings.